The van der Waals surface area contributed by atoms with E-state index in [0.29, 0.717) is 0 Å². The van der Waals surface area contributed by atoms with E-state index in [1.54, 1.807) is 0 Å². The molecule has 1 aromatic carbocycles. The zero-order valence-corrected chi connectivity index (χ0v) is 9.82. The van der Waals surface area contributed by atoms with E-state index in [2.05, 4.69) is 16.3 Å². The van der Waals surface area contributed by atoms with Crippen molar-refractivity contribution in [3.8, 4) is 0 Å². The number of nitrogens with zero attached hydrogens (tertiary/aromatic N) is 1. The van der Waals surface area contributed by atoms with Crippen molar-refractivity contribution in [3.63, 3.8) is 0 Å². The number of benzene rings is 1. The van der Waals surface area contributed by atoms with E-state index in [4.69, 9.17) is 0 Å². The molecule has 88 valence electrons. The summed E-state index contributed by atoms with van der Waals surface area (Å²) in [6, 6.07) is 8.17. The van der Waals surface area contributed by atoms with Crippen molar-refractivity contribution in [1.82, 2.24) is 10.2 Å². The predicted octanol–water partition coefficient (Wildman–Crippen LogP) is 1.15. The number of hydrogen-bond donors (Lipinski definition) is 2. The molecule has 0 aromatic heterocycles. The van der Waals surface area contributed by atoms with Crippen molar-refractivity contribution in [1.29, 1.82) is 0 Å². The SMILES string of the molecule is CC(O)c1ccccc1CN1CCNCC1. The minimum absolute atomic E-state index is 0.376. The average Bonchev–Trinajstić information content (AvgIpc) is 2.31. The second kappa shape index (κ2) is 5.43. The van der Waals surface area contributed by atoms with Gasteiger partial charge in [-0.1, -0.05) is 24.3 Å². The summed E-state index contributed by atoms with van der Waals surface area (Å²) >= 11 is 0. The van der Waals surface area contributed by atoms with E-state index in [-0.39, 0.29) is 6.10 Å². The van der Waals surface area contributed by atoms with Crippen LogP contribution >= 0.6 is 0 Å². The zero-order chi connectivity index (χ0) is 11.4. The van der Waals surface area contributed by atoms with Crippen LogP contribution in [0.25, 0.3) is 0 Å². The Labute approximate surface area is 97.1 Å². The number of piperazine rings is 1. The van der Waals surface area contributed by atoms with Crippen LogP contribution in [0, 0.1) is 0 Å². The summed E-state index contributed by atoms with van der Waals surface area (Å²) in [5, 5.41) is 13.0. The largest absolute Gasteiger partial charge is 0.389 e. The molecule has 16 heavy (non-hydrogen) atoms. The summed E-state index contributed by atoms with van der Waals surface area (Å²) in [5.74, 6) is 0. The van der Waals surface area contributed by atoms with Crippen molar-refractivity contribution in [2.45, 2.75) is 19.6 Å². The first-order valence-electron chi connectivity index (χ1n) is 5.96. The van der Waals surface area contributed by atoms with Gasteiger partial charge < -0.3 is 10.4 Å². The first-order valence-corrected chi connectivity index (χ1v) is 5.96. The van der Waals surface area contributed by atoms with Gasteiger partial charge in [-0.3, -0.25) is 4.90 Å². The van der Waals surface area contributed by atoms with Gasteiger partial charge in [0.25, 0.3) is 0 Å². The summed E-state index contributed by atoms with van der Waals surface area (Å²) in [6.45, 7) is 7.09. The molecule has 2 rings (SSSR count). The van der Waals surface area contributed by atoms with Gasteiger partial charge in [0, 0.05) is 32.7 Å². The van der Waals surface area contributed by atoms with E-state index in [1.807, 2.05) is 25.1 Å². The van der Waals surface area contributed by atoms with Crippen molar-refractivity contribution in [2.24, 2.45) is 0 Å². The van der Waals surface area contributed by atoms with Crippen LogP contribution in [0.15, 0.2) is 24.3 Å². The monoisotopic (exact) mass is 220 g/mol. The normalized spacial score (nSPS) is 19.6. The third-order valence-electron chi connectivity index (χ3n) is 3.11. The lowest BCUT2D eigenvalue weighted by atomic mass is 10.0. The second-order valence-corrected chi connectivity index (χ2v) is 4.40. The molecule has 3 nitrogen and oxygen atoms in total. The van der Waals surface area contributed by atoms with Gasteiger partial charge in [0.15, 0.2) is 0 Å². The first-order chi connectivity index (χ1) is 7.77. The molecule has 2 N–H and O–H groups in total. The van der Waals surface area contributed by atoms with Crippen LogP contribution in [0.1, 0.15) is 24.2 Å². The average molecular weight is 220 g/mol. The lowest BCUT2D eigenvalue weighted by Crippen LogP contribution is -2.43. The van der Waals surface area contributed by atoms with Gasteiger partial charge in [-0.2, -0.15) is 0 Å². The smallest absolute Gasteiger partial charge is 0.0765 e. The Bertz CT molecular complexity index is 332. The van der Waals surface area contributed by atoms with Gasteiger partial charge in [-0.25, -0.2) is 0 Å². The predicted molar refractivity (Wildman–Crippen MR) is 65.2 cm³/mol. The number of aliphatic hydroxyl groups excluding tert-OH is 1. The highest BCUT2D eigenvalue weighted by molar-refractivity contribution is 5.28. The van der Waals surface area contributed by atoms with Gasteiger partial charge >= 0.3 is 0 Å². The molecular weight excluding hydrogens is 200 g/mol. The Kier molecular flexibility index (Phi) is 3.93. The molecule has 0 amide bonds. The standard InChI is InChI=1S/C13H20N2O/c1-11(16)13-5-3-2-4-12(13)10-15-8-6-14-7-9-15/h2-5,11,14,16H,6-10H2,1H3. The van der Waals surface area contributed by atoms with Crippen LogP contribution in [0.3, 0.4) is 0 Å². The van der Waals surface area contributed by atoms with Gasteiger partial charge in [0.2, 0.25) is 0 Å². The van der Waals surface area contributed by atoms with Crippen LogP contribution in [-0.4, -0.2) is 36.2 Å². The number of nitrogens with one attached hydrogen (secondary N) is 1. The molecule has 1 unspecified atom stereocenters. The molecule has 0 saturated carbocycles. The molecule has 3 heteroatoms. The topological polar surface area (TPSA) is 35.5 Å². The van der Waals surface area contributed by atoms with E-state index in [1.165, 1.54) is 5.56 Å². The van der Waals surface area contributed by atoms with Crippen LogP contribution in [0.4, 0.5) is 0 Å². The summed E-state index contributed by atoms with van der Waals surface area (Å²) < 4.78 is 0. The van der Waals surface area contributed by atoms with E-state index in [0.717, 1.165) is 38.3 Å². The zero-order valence-electron chi connectivity index (χ0n) is 9.82. The Morgan fingerprint density at radius 1 is 1.31 bits per heavy atom. The molecule has 1 aliphatic rings. The summed E-state index contributed by atoms with van der Waals surface area (Å²) in [5.41, 5.74) is 2.31. The van der Waals surface area contributed by atoms with Gasteiger partial charge in [0.05, 0.1) is 6.10 Å². The highest BCUT2D eigenvalue weighted by Gasteiger charge is 2.13. The molecule has 1 aromatic rings. The molecule has 1 aliphatic heterocycles. The number of rotatable bonds is 3. The minimum Gasteiger partial charge on any atom is -0.389 e. The van der Waals surface area contributed by atoms with E-state index < -0.39 is 0 Å². The lowest BCUT2D eigenvalue weighted by Gasteiger charge is -2.28. The Balaban J connectivity index is 2.07. The third kappa shape index (κ3) is 2.82. The van der Waals surface area contributed by atoms with E-state index >= 15 is 0 Å². The highest BCUT2D eigenvalue weighted by Crippen LogP contribution is 2.19. The van der Waals surface area contributed by atoms with Crippen molar-refractivity contribution < 1.29 is 5.11 Å². The van der Waals surface area contributed by atoms with E-state index in [9.17, 15) is 5.11 Å². The molecule has 0 radical (unpaired) electrons. The second-order valence-electron chi connectivity index (χ2n) is 4.40. The maximum absolute atomic E-state index is 9.70. The molecule has 1 atom stereocenters. The fourth-order valence-corrected chi connectivity index (χ4v) is 2.20. The van der Waals surface area contributed by atoms with Crippen LogP contribution in [0.5, 0.6) is 0 Å². The molecule has 1 fully saturated rings. The maximum atomic E-state index is 9.70. The van der Waals surface area contributed by atoms with Crippen molar-refractivity contribution in [2.75, 3.05) is 26.2 Å². The summed E-state index contributed by atoms with van der Waals surface area (Å²) in [6.07, 6.45) is -0.376. The quantitative estimate of drug-likeness (QED) is 0.802. The minimum atomic E-state index is -0.376. The third-order valence-corrected chi connectivity index (χ3v) is 3.11. The Morgan fingerprint density at radius 3 is 2.69 bits per heavy atom. The molecule has 0 spiro atoms. The fourth-order valence-electron chi connectivity index (χ4n) is 2.20. The van der Waals surface area contributed by atoms with Crippen LogP contribution in [0.2, 0.25) is 0 Å². The van der Waals surface area contributed by atoms with Crippen molar-refractivity contribution in [3.05, 3.63) is 35.4 Å². The fraction of sp³-hybridized carbons (Fsp3) is 0.538. The molecule has 1 saturated heterocycles. The lowest BCUT2D eigenvalue weighted by molar-refractivity contribution is 0.192. The molecular formula is C13H20N2O. The molecule has 0 bridgehead atoms. The Morgan fingerprint density at radius 2 is 2.00 bits per heavy atom. The highest BCUT2D eigenvalue weighted by atomic mass is 16.3. The summed E-state index contributed by atoms with van der Waals surface area (Å²) in [4.78, 5) is 2.43. The first kappa shape index (κ1) is 11.6. The summed E-state index contributed by atoms with van der Waals surface area (Å²) in [7, 11) is 0. The molecule has 1 heterocycles. The number of hydrogen-bond acceptors (Lipinski definition) is 3. The van der Waals surface area contributed by atoms with Gasteiger partial charge in [-0.05, 0) is 18.1 Å². The number of aliphatic hydroxyl groups is 1. The van der Waals surface area contributed by atoms with Crippen LogP contribution < -0.4 is 5.32 Å². The maximum Gasteiger partial charge on any atom is 0.0765 e. The Hall–Kier alpha value is -0.900. The van der Waals surface area contributed by atoms with Gasteiger partial charge in [-0.15, -0.1) is 0 Å². The van der Waals surface area contributed by atoms with Gasteiger partial charge in [0.1, 0.15) is 0 Å². The van der Waals surface area contributed by atoms with Crippen molar-refractivity contribution >= 4 is 0 Å². The van der Waals surface area contributed by atoms with Crippen LogP contribution in [-0.2, 0) is 6.54 Å². The molecule has 0 aliphatic carbocycles.